The summed E-state index contributed by atoms with van der Waals surface area (Å²) in [5.41, 5.74) is 8.02. The van der Waals surface area contributed by atoms with Crippen LogP contribution in [0.1, 0.15) is 17.7 Å². The quantitative estimate of drug-likeness (QED) is 0.660. The van der Waals surface area contributed by atoms with E-state index in [4.69, 9.17) is 17.3 Å². The summed E-state index contributed by atoms with van der Waals surface area (Å²) in [6, 6.07) is 11.7. The van der Waals surface area contributed by atoms with Crippen LogP contribution >= 0.6 is 11.6 Å². The minimum atomic E-state index is 0.339. The molecule has 2 heterocycles. The predicted molar refractivity (Wildman–Crippen MR) is 96.5 cm³/mol. The number of aryl methyl sites for hydroxylation is 1. The number of hydrogen-bond acceptors (Lipinski definition) is 6. The first-order valence-electron chi connectivity index (χ1n) is 7.73. The van der Waals surface area contributed by atoms with Crippen LogP contribution in [0.2, 0.25) is 5.15 Å². The summed E-state index contributed by atoms with van der Waals surface area (Å²) in [5, 5.41) is 17.4. The van der Waals surface area contributed by atoms with Gasteiger partial charge in [-0.15, -0.1) is 0 Å². The lowest BCUT2D eigenvalue weighted by Crippen LogP contribution is -2.06. The maximum absolute atomic E-state index is 9.39. The van der Waals surface area contributed by atoms with Gasteiger partial charge in [-0.25, -0.2) is 9.67 Å². The molecule has 8 heteroatoms. The van der Waals surface area contributed by atoms with Crippen LogP contribution in [-0.4, -0.2) is 26.3 Å². The van der Waals surface area contributed by atoms with Crippen molar-refractivity contribution in [3.8, 4) is 11.8 Å². The molecule has 7 nitrogen and oxygen atoms in total. The number of hydrogen-bond donors (Lipinski definition) is 2. The molecule has 126 valence electrons. The molecule has 25 heavy (non-hydrogen) atoms. The third-order valence-electron chi connectivity index (χ3n) is 3.61. The molecule has 1 aromatic carbocycles. The number of anilines is 2. The van der Waals surface area contributed by atoms with Gasteiger partial charge in [0.2, 0.25) is 0 Å². The molecular weight excluding hydrogens is 338 g/mol. The first kappa shape index (κ1) is 16.7. The van der Waals surface area contributed by atoms with E-state index in [0.29, 0.717) is 41.0 Å². The van der Waals surface area contributed by atoms with Crippen molar-refractivity contribution in [3.05, 3.63) is 59.1 Å². The highest BCUT2D eigenvalue weighted by Crippen LogP contribution is 2.21. The first-order chi connectivity index (χ1) is 12.2. The number of nitrogens with two attached hydrogens (primary N) is 1. The maximum Gasteiger partial charge on any atom is 0.149 e. The molecular formula is C17H16ClN7. The first-order valence-corrected chi connectivity index (χ1v) is 8.11. The Kier molecular flexibility index (Phi) is 5.11. The Morgan fingerprint density at radius 3 is 2.76 bits per heavy atom. The Bertz CT molecular complexity index is 899. The lowest BCUT2D eigenvalue weighted by Gasteiger charge is -2.04. The molecule has 0 fully saturated rings. The second-order valence-corrected chi connectivity index (χ2v) is 5.71. The zero-order valence-electron chi connectivity index (χ0n) is 13.4. The van der Waals surface area contributed by atoms with E-state index in [-0.39, 0.29) is 0 Å². The summed E-state index contributed by atoms with van der Waals surface area (Å²) in [6.07, 6.45) is 4.46. The van der Waals surface area contributed by atoms with Crippen LogP contribution in [0.25, 0.3) is 5.69 Å². The van der Waals surface area contributed by atoms with Crippen molar-refractivity contribution in [2.45, 2.75) is 12.8 Å². The summed E-state index contributed by atoms with van der Waals surface area (Å²) in [5.74, 6) is 0.972. The number of nitriles is 1. The van der Waals surface area contributed by atoms with Gasteiger partial charge in [0.05, 0.1) is 23.8 Å². The molecule has 3 aromatic rings. The average Bonchev–Trinajstić information content (AvgIpc) is 2.95. The van der Waals surface area contributed by atoms with Gasteiger partial charge in [0, 0.05) is 6.54 Å². The van der Waals surface area contributed by atoms with Gasteiger partial charge in [-0.05, 0) is 25.0 Å². The number of halogens is 1. The third-order valence-corrected chi connectivity index (χ3v) is 3.79. The van der Waals surface area contributed by atoms with Crippen molar-refractivity contribution in [3.63, 3.8) is 0 Å². The van der Waals surface area contributed by atoms with Gasteiger partial charge in [0.1, 0.15) is 28.4 Å². The highest BCUT2D eigenvalue weighted by Gasteiger charge is 2.16. The Balaban J connectivity index is 1.67. The largest absolute Gasteiger partial charge is 0.382 e. The molecule has 0 atom stereocenters. The summed E-state index contributed by atoms with van der Waals surface area (Å²) in [7, 11) is 0. The molecule has 0 saturated heterocycles. The van der Waals surface area contributed by atoms with Crippen molar-refractivity contribution in [1.29, 1.82) is 5.26 Å². The normalized spacial score (nSPS) is 10.4. The molecule has 3 rings (SSSR count). The van der Waals surface area contributed by atoms with Crippen LogP contribution in [0.15, 0.2) is 42.7 Å². The van der Waals surface area contributed by atoms with Crippen LogP contribution in [-0.2, 0) is 6.42 Å². The van der Waals surface area contributed by atoms with Crippen molar-refractivity contribution in [2.75, 3.05) is 17.6 Å². The van der Waals surface area contributed by atoms with Gasteiger partial charge in [0.15, 0.2) is 0 Å². The fraction of sp³-hybridized carbons (Fsp3) is 0.176. The van der Waals surface area contributed by atoms with E-state index in [2.05, 4.69) is 26.5 Å². The fourth-order valence-corrected chi connectivity index (χ4v) is 2.59. The van der Waals surface area contributed by atoms with Crippen LogP contribution < -0.4 is 11.1 Å². The van der Waals surface area contributed by atoms with Crippen molar-refractivity contribution in [1.82, 2.24) is 19.7 Å². The smallest absolute Gasteiger partial charge is 0.149 e. The average molecular weight is 354 g/mol. The topological polar surface area (TPSA) is 105 Å². The van der Waals surface area contributed by atoms with Gasteiger partial charge in [-0.3, -0.25) is 4.98 Å². The summed E-state index contributed by atoms with van der Waals surface area (Å²) in [6.45, 7) is 0.651. The monoisotopic (exact) mass is 353 g/mol. The van der Waals surface area contributed by atoms with Gasteiger partial charge >= 0.3 is 0 Å². The van der Waals surface area contributed by atoms with Crippen LogP contribution in [0, 0.1) is 11.3 Å². The third kappa shape index (κ3) is 3.87. The van der Waals surface area contributed by atoms with E-state index >= 15 is 0 Å². The van der Waals surface area contributed by atoms with E-state index < -0.39 is 0 Å². The lowest BCUT2D eigenvalue weighted by molar-refractivity contribution is 0.789. The van der Waals surface area contributed by atoms with Crippen LogP contribution in [0.3, 0.4) is 0 Å². The molecule has 0 radical (unpaired) electrons. The van der Waals surface area contributed by atoms with Gasteiger partial charge < -0.3 is 11.1 Å². The maximum atomic E-state index is 9.39. The zero-order valence-corrected chi connectivity index (χ0v) is 14.1. The molecule has 0 aliphatic heterocycles. The molecule has 3 N–H and O–H groups in total. The SMILES string of the molecule is N#Cc1c(CCCNc2cncc(Cl)n2)nn(-c2ccccc2)c1N. The number of aromatic nitrogens is 4. The second-order valence-electron chi connectivity index (χ2n) is 5.32. The molecule has 0 spiro atoms. The second kappa shape index (κ2) is 7.64. The molecule has 0 unspecified atom stereocenters. The Labute approximate surface area is 150 Å². The lowest BCUT2D eigenvalue weighted by atomic mass is 10.1. The molecule has 0 amide bonds. The van der Waals surface area contributed by atoms with Crippen LogP contribution in [0.5, 0.6) is 0 Å². The van der Waals surface area contributed by atoms with E-state index in [1.54, 1.807) is 10.9 Å². The number of benzene rings is 1. The summed E-state index contributed by atoms with van der Waals surface area (Å²) < 4.78 is 1.60. The number of para-hydroxylation sites is 1. The van der Waals surface area contributed by atoms with Gasteiger partial charge in [0.25, 0.3) is 0 Å². The number of nitrogen functional groups attached to an aromatic ring is 1. The summed E-state index contributed by atoms with van der Waals surface area (Å²) in [4.78, 5) is 8.07. The zero-order chi connectivity index (χ0) is 17.6. The Morgan fingerprint density at radius 1 is 1.24 bits per heavy atom. The van der Waals surface area contributed by atoms with E-state index in [1.807, 2.05) is 30.3 Å². The number of nitrogens with one attached hydrogen (secondary N) is 1. The van der Waals surface area contributed by atoms with Crippen molar-refractivity contribution >= 4 is 23.2 Å². The van der Waals surface area contributed by atoms with Crippen molar-refractivity contribution < 1.29 is 0 Å². The van der Waals surface area contributed by atoms with E-state index in [9.17, 15) is 5.26 Å². The molecule has 2 aromatic heterocycles. The van der Waals surface area contributed by atoms with Gasteiger partial charge in [-0.2, -0.15) is 10.4 Å². The van der Waals surface area contributed by atoms with Gasteiger partial charge in [-0.1, -0.05) is 29.8 Å². The molecule has 0 bridgehead atoms. The minimum absolute atomic E-state index is 0.339. The molecule has 0 saturated carbocycles. The predicted octanol–water partition coefficient (Wildman–Crippen LogP) is 2.81. The molecule has 0 aliphatic rings. The Morgan fingerprint density at radius 2 is 2.04 bits per heavy atom. The van der Waals surface area contributed by atoms with Crippen molar-refractivity contribution in [2.24, 2.45) is 0 Å². The van der Waals surface area contributed by atoms with E-state index in [0.717, 1.165) is 12.1 Å². The highest BCUT2D eigenvalue weighted by atomic mass is 35.5. The highest BCUT2D eigenvalue weighted by molar-refractivity contribution is 6.29. The fourth-order valence-electron chi connectivity index (χ4n) is 2.44. The van der Waals surface area contributed by atoms with E-state index in [1.165, 1.54) is 6.20 Å². The standard InChI is InChI=1S/C17H16ClN7/c18-15-10-21-11-16(23-15)22-8-4-7-14-13(9-19)17(20)25(24-14)12-5-2-1-3-6-12/h1-3,5-6,10-11H,4,7-8,20H2,(H,22,23). The number of rotatable bonds is 6. The minimum Gasteiger partial charge on any atom is -0.382 e. The Hall–Kier alpha value is -3.11. The number of nitrogens with zero attached hydrogens (tertiary/aromatic N) is 5. The molecule has 0 aliphatic carbocycles. The summed E-state index contributed by atoms with van der Waals surface area (Å²) >= 11 is 5.80. The van der Waals surface area contributed by atoms with Crippen LogP contribution in [0.4, 0.5) is 11.6 Å².